The molecule has 0 spiro atoms. The highest BCUT2D eigenvalue weighted by Crippen LogP contribution is 2.20. The van der Waals surface area contributed by atoms with Gasteiger partial charge in [-0.05, 0) is 30.4 Å². The Bertz CT molecular complexity index is 740. The summed E-state index contributed by atoms with van der Waals surface area (Å²) in [5, 5.41) is 16.2. The first-order chi connectivity index (χ1) is 15.5. The molecule has 0 aliphatic carbocycles. The number of hydrogen-bond acceptors (Lipinski definition) is 6. The summed E-state index contributed by atoms with van der Waals surface area (Å²) in [7, 11) is 1.64. The summed E-state index contributed by atoms with van der Waals surface area (Å²) >= 11 is 0. The van der Waals surface area contributed by atoms with Crippen LogP contribution >= 0.6 is 12.4 Å². The fourth-order valence-corrected chi connectivity index (χ4v) is 3.20. The number of aliphatic hydroxyl groups is 1. The molecule has 0 saturated heterocycles. The van der Waals surface area contributed by atoms with Crippen molar-refractivity contribution in [1.82, 2.24) is 10.6 Å². The van der Waals surface area contributed by atoms with Crippen molar-refractivity contribution < 1.29 is 24.2 Å². The van der Waals surface area contributed by atoms with E-state index in [1.54, 1.807) is 25.3 Å². The van der Waals surface area contributed by atoms with Gasteiger partial charge in [0.2, 0.25) is 5.91 Å². The van der Waals surface area contributed by atoms with Gasteiger partial charge in [-0.15, -0.1) is 12.4 Å². The van der Waals surface area contributed by atoms with E-state index in [0.717, 1.165) is 6.42 Å². The second-order valence-electron chi connectivity index (χ2n) is 9.83. The van der Waals surface area contributed by atoms with Crippen LogP contribution < -0.4 is 21.1 Å². The first-order valence-corrected chi connectivity index (χ1v) is 11.7. The lowest BCUT2D eigenvalue weighted by Gasteiger charge is -2.28. The van der Waals surface area contributed by atoms with E-state index in [2.05, 4.69) is 24.5 Å². The fourth-order valence-electron chi connectivity index (χ4n) is 3.20. The Kier molecular flexibility index (Phi) is 15.0. The normalized spacial score (nSPS) is 14.0. The smallest absolute Gasteiger partial charge is 0.255 e. The number of para-hydroxylation sites is 1. The lowest BCUT2D eigenvalue weighted by atomic mass is 9.87. The van der Waals surface area contributed by atoms with Crippen molar-refractivity contribution in [3.63, 3.8) is 0 Å². The zero-order chi connectivity index (χ0) is 25.0. The molecular formula is C25H44ClN3O5. The number of carbonyl (C=O) groups excluding carboxylic acids is 2. The molecule has 0 bridgehead atoms. The van der Waals surface area contributed by atoms with Crippen molar-refractivity contribution in [2.75, 3.05) is 33.4 Å². The standard InChI is InChI=1S/C25H43N3O5.ClH/c1-17(2)18(14-20(26)21(29)16-28-24(31)25(3,4)5)15-27-23(30)19-10-7-8-11-22(19)33-13-9-12-32-6;/h7-8,10-11,17-18,20-21,29H,9,12-16,26H2,1-6H3,(H,27,30)(H,28,31);1H. The Balaban J connectivity index is 0.0000109. The van der Waals surface area contributed by atoms with Gasteiger partial charge in [-0.25, -0.2) is 0 Å². The molecule has 0 radical (unpaired) electrons. The number of nitrogens with two attached hydrogens (primary N) is 1. The average Bonchev–Trinajstić information content (AvgIpc) is 2.76. The van der Waals surface area contributed by atoms with Crippen LogP contribution in [0.15, 0.2) is 24.3 Å². The molecule has 196 valence electrons. The van der Waals surface area contributed by atoms with E-state index in [1.807, 2.05) is 26.8 Å². The Morgan fingerprint density at radius 3 is 2.32 bits per heavy atom. The van der Waals surface area contributed by atoms with Gasteiger partial charge in [0.25, 0.3) is 5.91 Å². The summed E-state index contributed by atoms with van der Waals surface area (Å²) in [6.07, 6.45) is 0.382. The maximum absolute atomic E-state index is 12.8. The highest BCUT2D eigenvalue weighted by atomic mass is 35.5. The lowest BCUT2D eigenvalue weighted by Crippen LogP contribution is -2.47. The molecule has 0 saturated carbocycles. The first kappa shape index (κ1) is 32.1. The molecule has 1 aromatic carbocycles. The molecule has 9 heteroatoms. The van der Waals surface area contributed by atoms with Crippen molar-refractivity contribution in [3.05, 3.63) is 29.8 Å². The number of nitrogens with one attached hydrogen (secondary N) is 2. The van der Waals surface area contributed by atoms with E-state index < -0.39 is 17.6 Å². The zero-order valence-electron chi connectivity index (χ0n) is 21.4. The van der Waals surface area contributed by atoms with Crippen molar-refractivity contribution in [3.8, 4) is 5.75 Å². The number of hydrogen-bond donors (Lipinski definition) is 4. The van der Waals surface area contributed by atoms with Crippen LogP contribution in [0.25, 0.3) is 0 Å². The third-order valence-electron chi connectivity index (χ3n) is 5.57. The van der Waals surface area contributed by atoms with Gasteiger partial charge in [0.1, 0.15) is 5.75 Å². The van der Waals surface area contributed by atoms with Crippen molar-refractivity contribution in [2.24, 2.45) is 23.0 Å². The van der Waals surface area contributed by atoms with Crippen molar-refractivity contribution in [1.29, 1.82) is 0 Å². The lowest BCUT2D eigenvalue weighted by molar-refractivity contribution is -0.129. The van der Waals surface area contributed by atoms with E-state index >= 15 is 0 Å². The number of carbonyl (C=O) groups is 2. The van der Waals surface area contributed by atoms with E-state index in [-0.39, 0.29) is 42.6 Å². The van der Waals surface area contributed by atoms with Gasteiger partial charge in [0.15, 0.2) is 0 Å². The summed E-state index contributed by atoms with van der Waals surface area (Å²) in [6.45, 7) is 11.1. The van der Waals surface area contributed by atoms with Crippen LogP contribution in [0.2, 0.25) is 0 Å². The molecular weight excluding hydrogens is 458 g/mol. The zero-order valence-corrected chi connectivity index (χ0v) is 22.2. The molecule has 0 heterocycles. The van der Waals surface area contributed by atoms with Crippen LogP contribution in [0.5, 0.6) is 5.75 Å². The number of halogens is 1. The highest BCUT2D eigenvalue weighted by molar-refractivity contribution is 5.96. The fraction of sp³-hybridized carbons (Fsp3) is 0.680. The molecule has 5 N–H and O–H groups in total. The van der Waals surface area contributed by atoms with Gasteiger partial charge in [-0.3, -0.25) is 9.59 Å². The molecule has 2 amide bonds. The Labute approximate surface area is 210 Å². The Morgan fingerprint density at radius 2 is 1.74 bits per heavy atom. The summed E-state index contributed by atoms with van der Waals surface area (Å²) in [6, 6.07) is 6.62. The van der Waals surface area contributed by atoms with Crippen LogP contribution in [0.3, 0.4) is 0 Å². The molecule has 0 aliphatic rings. The topological polar surface area (TPSA) is 123 Å². The number of benzene rings is 1. The van der Waals surface area contributed by atoms with E-state index in [0.29, 0.717) is 37.5 Å². The van der Waals surface area contributed by atoms with Crippen molar-refractivity contribution >= 4 is 24.2 Å². The molecule has 34 heavy (non-hydrogen) atoms. The third kappa shape index (κ3) is 11.5. The van der Waals surface area contributed by atoms with Crippen LogP contribution in [0, 0.1) is 17.3 Å². The quantitative estimate of drug-likeness (QED) is 0.291. The van der Waals surface area contributed by atoms with Crippen LogP contribution in [0.1, 0.15) is 57.8 Å². The second-order valence-corrected chi connectivity index (χ2v) is 9.83. The highest BCUT2D eigenvalue weighted by Gasteiger charge is 2.26. The maximum Gasteiger partial charge on any atom is 0.255 e. The predicted molar refractivity (Wildman–Crippen MR) is 137 cm³/mol. The predicted octanol–water partition coefficient (Wildman–Crippen LogP) is 2.77. The van der Waals surface area contributed by atoms with Gasteiger partial charge < -0.3 is 30.9 Å². The minimum atomic E-state index is -0.866. The van der Waals surface area contributed by atoms with Gasteiger partial charge in [0, 0.05) is 44.7 Å². The number of amides is 2. The molecule has 0 fully saturated rings. The molecule has 3 unspecified atom stereocenters. The molecule has 1 rings (SSSR count). The monoisotopic (exact) mass is 501 g/mol. The molecule has 0 aromatic heterocycles. The third-order valence-corrected chi connectivity index (χ3v) is 5.57. The van der Waals surface area contributed by atoms with Gasteiger partial charge in [0.05, 0.1) is 18.3 Å². The van der Waals surface area contributed by atoms with Gasteiger partial charge in [-0.1, -0.05) is 46.8 Å². The number of ether oxygens (including phenoxy) is 2. The van der Waals surface area contributed by atoms with E-state index in [9.17, 15) is 14.7 Å². The maximum atomic E-state index is 12.8. The van der Waals surface area contributed by atoms with E-state index in [4.69, 9.17) is 15.2 Å². The van der Waals surface area contributed by atoms with E-state index in [1.165, 1.54) is 0 Å². The minimum absolute atomic E-state index is 0. The number of aliphatic hydroxyl groups excluding tert-OH is 1. The summed E-state index contributed by atoms with van der Waals surface area (Å²) in [4.78, 5) is 24.9. The summed E-state index contributed by atoms with van der Waals surface area (Å²) in [5.74, 6) is 0.493. The minimum Gasteiger partial charge on any atom is -0.493 e. The van der Waals surface area contributed by atoms with Crippen molar-refractivity contribution in [2.45, 2.75) is 59.6 Å². The second kappa shape index (κ2) is 15.9. The SMILES string of the molecule is COCCCOc1ccccc1C(=O)NCC(CC(N)C(O)CNC(=O)C(C)(C)C)C(C)C.Cl. The van der Waals surface area contributed by atoms with Gasteiger partial charge in [-0.2, -0.15) is 0 Å². The summed E-state index contributed by atoms with van der Waals surface area (Å²) < 4.78 is 10.8. The number of rotatable bonds is 14. The molecule has 0 aliphatic heterocycles. The van der Waals surface area contributed by atoms with Crippen LogP contribution in [0.4, 0.5) is 0 Å². The van der Waals surface area contributed by atoms with Crippen LogP contribution in [-0.2, 0) is 9.53 Å². The number of methoxy groups -OCH3 is 1. The largest absolute Gasteiger partial charge is 0.493 e. The molecule has 8 nitrogen and oxygen atoms in total. The van der Waals surface area contributed by atoms with Crippen LogP contribution in [-0.4, -0.2) is 62.5 Å². The Hall–Kier alpha value is -1.87. The summed E-state index contributed by atoms with van der Waals surface area (Å²) in [5.41, 5.74) is 6.18. The molecule has 3 atom stereocenters. The Morgan fingerprint density at radius 1 is 1.09 bits per heavy atom. The molecule has 1 aromatic rings. The average molecular weight is 502 g/mol. The van der Waals surface area contributed by atoms with Gasteiger partial charge >= 0.3 is 0 Å². The first-order valence-electron chi connectivity index (χ1n) is 11.7.